The van der Waals surface area contributed by atoms with Gasteiger partial charge in [0.05, 0.1) is 12.5 Å². The van der Waals surface area contributed by atoms with Crippen LogP contribution in [0.2, 0.25) is 0 Å². The zero-order chi connectivity index (χ0) is 18.1. The van der Waals surface area contributed by atoms with Gasteiger partial charge in [0.2, 0.25) is 5.88 Å². The van der Waals surface area contributed by atoms with Gasteiger partial charge in [-0.25, -0.2) is 0 Å². The molecule has 1 aromatic heterocycles. The molecule has 1 aliphatic rings. The van der Waals surface area contributed by atoms with Crippen molar-refractivity contribution in [3.8, 4) is 11.6 Å². The van der Waals surface area contributed by atoms with E-state index in [0.717, 1.165) is 5.56 Å². The Labute approximate surface area is 142 Å². The number of hydrogen-bond donors (Lipinski definition) is 3. The SMILES string of the molecule is Cc1cc(Oc2ccc(C(N)=O)nn2)cc2c1C(CC(=O)O)OB2O. The number of aromatic nitrogens is 2. The summed E-state index contributed by atoms with van der Waals surface area (Å²) in [6.45, 7) is 1.77. The number of hydrogen-bond acceptors (Lipinski definition) is 7. The van der Waals surface area contributed by atoms with Crippen LogP contribution in [-0.2, 0) is 9.45 Å². The fourth-order valence-corrected chi connectivity index (χ4v) is 2.73. The number of nitrogens with two attached hydrogens (primary N) is 1. The monoisotopic (exact) mass is 343 g/mol. The van der Waals surface area contributed by atoms with E-state index in [1.165, 1.54) is 12.1 Å². The van der Waals surface area contributed by atoms with Crippen molar-refractivity contribution in [2.75, 3.05) is 0 Å². The standard InChI is InChI=1S/C15H14BN3O6/c1-7-4-8(24-12-3-2-10(15(17)22)18-19-12)5-9-14(7)11(6-13(20)21)25-16(9)23/h2-5,11,23H,6H2,1H3,(H2,17,22)(H,20,21). The molecule has 3 rings (SSSR count). The van der Waals surface area contributed by atoms with Crippen molar-refractivity contribution in [2.24, 2.45) is 5.73 Å². The van der Waals surface area contributed by atoms with Gasteiger partial charge in [-0.15, -0.1) is 10.2 Å². The third kappa shape index (κ3) is 3.44. The van der Waals surface area contributed by atoms with Crippen molar-refractivity contribution in [1.82, 2.24) is 10.2 Å². The quantitative estimate of drug-likeness (QED) is 0.639. The van der Waals surface area contributed by atoms with Gasteiger partial charge in [-0.3, -0.25) is 9.59 Å². The number of aliphatic carboxylic acids is 1. The summed E-state index contributed by atoms with van der Waals surface area (Å²) in [5.74, 6) is -1.21. The van der Waals surface area contributed by atoms with Crippen LogP contribution < -0.4 is 15.9 Å². The Balaban J connectivity index is 1.87. The van der Waals surface area contributed by atoms with Crippen molar-refractivity contribution in [3.05, 3.63) is 41.1 Å². The molecule has 0 aliphatic carbocycles. The van der Waals surface area contributed by atoms with Gasteiger partial charge in [0, 0.05) is 6.07 Å². The first kappa shape index (κ1) is 16.9. The number of fused-ring (bicyclic) bond motifs is 1. The van der Waals surface area contributed by atoms with E-state index >= 15 is 0 Å². The minimum Gasteiger partial charge on any atom is -0.481 e. The molecule has 1 unspecified atom stereocenters. The average Bonchev–Trinajstić information content (AvgIpc) is 2.83. The Morgan fingerprint density at radius 2 is 2.12 bits per heavy atom. The summed E-state index contributed by atoms with van der Waals surface area (Å²) in [6.07, 6.45) is -0.961. The summed E-state index contributed by atoms with van der Waals surface area (Å²) in [5, 5.41) is 26.4. The lowest BCUT2D eigenvalue weighted by atomic mass is 9.77. The second-order valence-electron chi connectivity index (χ2n) is 5.54. The van der Waals surface area contributed by atoms with Gasteiger partial charge in [0.25, 0.3) is 5.91 Å². The Morgan fingerprint density at radius 3 is 2.72 bits per heavy atom. The highest BCUT2D eigenvalue weighted by atomic mass is 16.5. The Kier molecular flexibility index (Phi) is 4.38. The molecular formula is C15H14BN3O6. The van der Waals surface area contributed by atoms with Crippen molar-refractivity contribution < 1.29 is 29.1 Å². The van der Waals surface area contributed by atoms with Crippen LogP contribution in [0.5, 0.6) is 11.6 Å². The van der Waals surface area contributed by atoms with E-state index in [9.17, 15) is 14.6 Å². The average molecular weight is 343 g/mol. The summed E-state index contributed by atoms with van der Waals surface area (Å²) < 4.78 is 10.9. The molecule has 1 aromatic carbocycles. The third-order valence-corrected chi connectivity index (χ3v) is 3.75. The predicted molar refractivity (Wildman–Crippen MR) is 85.5 cm³/mol. The highest BCUT2D eigenvalue weighted by molar-refractivity contribution is 6.62. The molecule has 1 aliphatic heterocycles. The summed E-state index contributed by atoms with van der Waals surface area (Å²) in [4.78, 5) is 21.9. The smallest absolute Gasteiger partial charge is 0.481 e. The fourth-order valence-electron chi connectivity index (χ4n) is 2.73. The molecule has 0 spiro atoms. The molecular weight excluding hydrogens is 329 g/mol. The molecule has 25 heavy (non-hydrogen) atoms. The normalized spacial score (nSPS) is 15.8. The molecule has 2 aromatic rings. The molecule has 0 saturated carbocycles. The Hall–Kier alpha value is -2.98. The van der Waals surface area contributed by atoms with Gasteiger partial charge >= 0.3 is 13.1 Å². The fraction of sp³-hybridized carbons (Fsp3) is 0.200. The summed E-state index contributed by atoms with van der Waals surface area (Å²) in [6, 6.07) is 6.05. The van der Waals surface area contributed by atoms with E-state index in [2.05, 4.69) is 10.2 Å². The first-order valence-corrected chi connectivity index (χ1v) is 7.36. The van der Waals surface area contributed by atoms with Crippen LogP contribution in [0.3, 0.4) is 0 Å². The zero-order valence-electron chi connectivity index (χ0n) is 13.2. The van der Waals surface area contributed by atoms with Crippen molar-refractivity contribution in [1.29, 1.82) is 0 Å². The highest BCUT2D eigenvalue weighted by Gasteiger charge is 2.37. The van der Waals surface area contributed by atoms with E-state index < -0.39 is 25.1 Å². The Bertz CT molecular complexity index is 842. The number of carbonyl (C=O) groups is 2. The van der Waals surface area contributed by atoms with Crippen LogP contribution >= 0.6 is 0 Å². The lowest BCUT2D eigenvalue weighted by molar-refractivity contribution is -0.138. The van der Waals surface area contributed by atoms with E-state index in [0.29, 0.717) is 16.8 Å². The Morgan fingerprint density at radius 1 is 1.36 bits per heavy atom. The lowest BCUT2D eigenvalue weighted by Crippen LogP contribution is -2.28. The van der Waals surface area contributed by atoms with Crippen LogP contribution in [0.25, 0.3) is 0 Å². The van der Waals surface area contributed by atoms with Crippen LogP contribution in [-0.4, -0.2) is 39.3 Å². The summed E-state index contributed by atoms with van der Waals surface area (Å²) in [5.41, 5.74) is 6.91. The number of benzene rings is 1. The molecule has 9 nitrogen and oxygen atoms in total. The molecule has 0 radical (unpaired) electrons. The van der Waals surface area contributed by atoms with Gasteiger partial charge in [-0.2, -0.15) is 0 Å². The van der Waals surface area contributed by atoms with E-state index in [1.807, 2.05) is 0 Å². The minimum absolute atomic E-state index is 0.0119. The van der Waals surface area contributed by atoms with Crippen LogP contribution in [0.4, 0.5) is 0 Å². The number of primary amides is 1. The van der Waals surface area contributed by atoms with Crippen LogP contribution in [0, 0.1) is 6.92 Å². The number of ether oxygens (including phenoxy) is 1. The third-order valence-electron chi connectivity index (χ3n) is 3.75. The summed E-state index contributed by atoms with van der Waals surface area (Å²) >= 11 is 0. The first-order chi connectivity index (χ1) is 11.8. The maximum atomic E-state index is 11.0. The highest BCUT2D eigenvalue weighted by Crippen LogP contribution is 2.32. The van der Waals surface area contributed by atoms with E-state index in [-0.39, 0.29) is 18.0 Å². The van der Waals surface area contributed by atoms with Crippen molar-refractivity contribution in [3.63, 3.8) is 0 Å². The zero-order valence-corrected chi connectivity index (χ0v) is 13.2. The molecule has 128 valence electrons. The molecule has 0 saturated heterocycles. The van der Waals surface area contributed by atoms with E-state index in [4.69, 9.17) is 20.2 Å². The van der Waals surface area contributed by atoms with Crippen molar-refractivity contribution >= 4 is 24.5 Å². The molecule has 1 amide bonds. The molecule has 0 fully saturated rings. The second kappa shape index (κ2) is 6.50. The molecule has 1 atom stereocenters. The number of aryl methyl sites for hydroxylation is 1. The van der Waals surface area contributed by atoms with Gasteiger partial charge < -0.3 is 25.3 Å². The topological polar surface area (TPSA) is 145 Å². The molecule has 2 heterocycles. The molecule has 10 heteroatoms. The molecule has 0 bridgehead atoms. The maximum Gasteiger partial charge on any atom is 0.492 e. The van der Waals surface area contributed by atoms with Gasteiger partial charge in [0.1, 0.15) is 5.75 Å². The number of rotatable bonds is 5. The number of carbonyl (C=O) groups excluding carboxylic acids is 1. The largest absolute Gasteiger partial charge is 0.492 e. The van der Waals surface area contributed by atoms with Gasteiger partial charge in [-0.1, -0.05) is 0 Å². The van der Waals surface area contributed by atoms with Gasteiger partial charge in [-0.05, 0) is 41.7 Å². The van der Waals surface area contributed by atoms with Crippen LogP contribution in [0.1, 0.15) is 34.1 Å². The van der Waals surface area contributed by atoms with Crippen molar-refractivity contribution in [2.45, 2.75) is 19.4 Å². The van der Waals surface area contributed by atoms with Gasteiger partial charge in [0.15, 0.2) is 5.69 Å². The predicted octanol–water partition coefficient (Wildman–Crippen LogP) is -0.0903. The number of carboxylic acid groups (broad SMARTS) is 1. The number of nitrogens with zero attached hydrogens (tertiary/aromatic N) is 2. The number of carboxylic acids is 1. The minimum atomic E-state index is -1.23. The maximum absolute atomic E-state index is 11.0. The van der Waals surface area contributed by atoms with Crippen LogP contribution in [0.15, 0.2) is 24.3 Å². The summed E-state index contributed by atoms with van der Waals surface area (Å²) in [7, 11) is -1.23. The second-order valence-corrected chi connectivity index (χ2v) is 5.54. The lowest BCUT2D eigenvalue weighted by Gasteiger charge is -2.13. The molecule has 4 N–H and O–H groups in total. The van der Waals surface area contributed by atoms with E-state index in [1.54, 1.807) is 19.1 Å². The number of amides is 1. The first-order valence-electron chi connectivity index (χ1n) is 7.36.